The van der Waals surface area contributed by atoms with Crippen LogP contribution in [0.5, 0.6) is 0 Å². The molecule has 0 atom stereocenters. The van der Waals surface area contributed by atoms with Crippen LogP contribution >= 0.6 is 11.8 Å². The third-order valence-electron chi connectivity index (χ3n) is 5.79. The van der Waals surface area contributed by atoms with Crippen LogP contribution in [0.3, 0.4) is 0 Å². The second-order valence-corrected chi connectivity index (χ2v) is 8.10. The third kappa shape index (κ3) is 4.37. The minimum Gasteiger partial charge on any atom is -1.00 e. The maximum Gasteiger partial charge on any atom is 0.0821 e. The van der Waals surface area contributed by atoms with Gasteiger partial charge in [-0.05, 0) is 56.5 Å². The van der Waals surface area contributed by atoms with E-state index in [-0.39, 0.29) is 24.0 Å². The minimum absolute atomic E-state index is 0. The molecule has 26 heavy (non-hydrogen) atoms. The van der Waals surface area contributed by atoms with E-state index < -0.39 is 0 Å². The highest BCUT2D eigenvalue weighted by Crippen LogP contribution is 2.45. The fraction of sp³-hybridized carbons (Fsp3) is 0.391. The smallest absolute Gasteiger partial charge is 0.0821 e. The molecule has 0 unspecified atom stereocenters. The summed E-state index contributed by atoms with van der Waals surface area (Å²) in [5, 5.41) is 0. The zero-order valence-electron chi connectivity index (χ0n) is 16.4. The van der Waals surface area contributed by atoms with Crippen molar-refractivity contribution < 1.29 is 28.5 Å². The molecule has 1 nitrogen and oxygen atoms in total. The van der Waals surface area contributed by atoms with Crippen LogP contribution in [-0.4, -0.2) is 30.7 Å². The molecule has 1 aliphatic rings. The highest BCUT2D eigenvalue weighted by Gasteiger charge is 2.22. The lowest BCUT2D eigenvalue weighted by atomic mass is 9.95. The van der Waals surface area contributed by atoms with E-state index in [9.17, 15) is 0 Å². The van der Waals surface area contributed by atoms with Crippen molar-refractivity contribution in [1.29, 1.82) is 0 Å². The van der Waals surface area contributed by atoms with Crippen molar-refractivity contribution >= 4 is 17.3 Å². The van der Waals surface area contributed by atoms with Crippen molar-refractivity contribution in [2.75, 3.05) is 26.2 Å². The monoisotopic (exact) mass is 479 g/mol. The minimum atomic E-state index is 0. The number of aryl methyl sites for hydroxylation is 1. The van der Waals surface area contributed by atoms with Crippen LogP contribution in [0.4, 0.5) is 0 Å². The Morgan fingerprint density at radius 2 is 1.54 bits per heavy atom. The summed E-state index contributed by atoms with van der Waals surface area (Å²) >= 11 is 1.90. The maximum atomic E-state index is 2.49. The Balaban J connectivity index is 0.00000243. The molecule has 3 heteroatoms. The molecule has 0 aromatic heterocycles. The van der Waals surface area contributed by atoms with E-state index in [4.69, 9.17) is 0 Å². The van der Waals surface area contributed by atoms with Crippen LogP contribution in [0.15, 0.2) is 58.3 Å². The average Bonchev–Trinajstić information content (AvgIpc) is 2.65. The normalized spacial score (nSPS) is 14.5. The van der Waals surface area contributed by atoms with Crippen molar-refractivity contribution in [3.05, 3.63) is 65.2 Å². The predicted molar refractivity (Wildman–Crippen MR) is 110 cm³/mol. The van der Waals surface area contributed by atoms with Crippen LogP contribution in [0.25, 0.3) is 5.57 Å². The Morgan fingerprint density at radius 3 is 2.23 bits per heavy atom. The maximum absolute atomic E-state index is 2.49. The van der Waals surface area contributed by atoms with Gasteiger partial charge in [0.25, 0.3) is 0 Å². The van der Waals surface area contributed by atoms with E-state index >= 15 is 0 Å². The summed E-state index contributed by atoms with van der Waals surface area (Å²) in [6, 6.07) is 15.7. The molecule has 0 bridgehead atoms. The van der Waals surface area contributed by atoms with Gasteiger partial charge < -0.3 is 28.5 Å². The summed E-state index contributed by atoms with van der Waals surface area (Å²) < 4.78 is 1.21. The molecular weight excluding hydrogens is 449 g/mol. The molecule has 1 aliphatic heterocycles. The van der Waals surface area contributed by atoms with E-state index in [2.05, 4.69) is 76.2 Å². The highest BCUT2D eigenvalue weighted by atomic mass is 127. The van der Waals surface area contributed by atoms with Gasteiger partial charge >= 0.3 is 0 Å². The first-order valence-corrected chi connectivity index (χ1v) is 10.4. The van der Waals surface area contributed by atoms with E-state index in [0.29, 0.717) is 0 Å². The molecule has 0 saturated heterocycles. The molecule has 2 aromatic carbocycles. The number of hydrogen-bond donors (Lipinski definition) is 0. The average molecular weight is 479 g/mol. The molecule has 0 amide bonds. The molecule has 3 rings (SSSR count). The predicted octanol–water partition coefficient (Wildman–Crippen LogP) is 3.16. The number of rotatable bonds is 6. The van der Waals surface area contributed by atoms with Crippen LogP contribution in [0.2, 0.25) is 0 Å². The van der Waals surface area contributed by atoms with Gasteiger partial charge in [-0.1, -0.05) is 53.7 Å². The number of quaternary nitrogens is 1. The Labute approximate surface area is 180 Å². The fourth-order valence-corrected chi connectivity index (χ4v) is 4.92. The number of benzene rings is 2. The van der Waals surface area contributed by atoms with Gasteiger partial charge in [0.1, 0.15) is 0 Å². The first-order chi connectivity index (χ1) is 12.1. The molecule has 0 N–H and O–H groups in total. The first-order valence-electron chi connectivity index (χ1n) is 9.56. The molecule has 1 heterocycles. The Morgan fingerprint density at radius 1 is 0.885 bits per heavy atom. The summed E-state index contributed by atoms with van der Waals surface area (Å²) in [4.78, 5) is 2.77. The van der Waals surface area contributed by atoms with Gasteiger partial charge in [-0.15, -0.1) is 0 Å². The number of hydrogen-bond acceptors (Lipinski definition) is 1. The molecule has 0 saturated carbocycles. The lowest BCUT2D eigenvalue weighted by Gasteiger charge is -2.35. The number of halogens is 1. The van der Waals surface area contributed by atoms with Crippen molar-refractivity contribution in [3.63, 3.8) is 0 Å². The summed E-state index contributed by atoms with van der Waals surface area (Å²) in [6.45, 7) is 14.1. The van der Waals surface area contributed by atoms with E-state index in [1.54, 1.807) is 0 Å². The Bertz CT molecular complexity index is 769. The Hall–Kier alpha value is -0.780. The van der Waals surface area contributed by atoms with E-state index in [0.717, 1.165) is 6.42 Å². The number of nitrogens with zero attached hydrogens (tertiary/aromatic N) is 1. The SMILES string of the molecule is CC[N+](CC)(CC)CC/C=C1\c2ccccc2Sc2ccc(C)cc21.[I-]. The van der Waals surface area contributed by atoms with Crippen molar-refractivity contribution in [2.24, 2.45) is 0 Å². The molecule has 0 aliphatic carbocycles. The second kappa shape index (κ2) is 9.43. The molecular formula is C23H30INS. The van der Waals surface area contributed by atoms with E-state index in [1.807, 2.05) is 11.8 Å². The van der Waals surface area contributed by atoms with Gasteiger partial charge in [0.15, 0.2) is 0 Å². The first kappa shape index (κ1) is 21.5. The molecule has 0 radical (unpaired) electrons. The molecule has 0 spiro atoms. The second-order valence-electron chi connectivity index (χ2n) is 7.02. The summed E-state index contributed by atoms with van der Waals surface area (Å²) in [7, 11) is 0. The zero-order valence-corrected chi connectivity index (χ0v) is 19.4. The summed E-state index contributed by atoms with van der Waals surface area (Å²) in [6.07, 6.45) is 3.63. The zero-order chi connectivity index (χ0) is 17.9. The van der Waals surface area contributed by atoms with Crippen molar-refractivity contribution in [1.82, 2.24) is 0 Å². The molecule has 2 aromatic rings. The van der Waals surface area contributed by atoms with Gasteiger partial charge in [-0.25, -0.2) is 0 Å². The third-order valence-corrected chi connectivity index (χ3v) is 6.94. The highest BCUT2D eigenvalue weighted by molar-refractivity contribution is 7.99. The van der Waals surface area contributed by atoms with Crippen LogP contribution in [0.1, 0.15) is 43.9 Å². The topological polar surface area (TPSA) is 0 Å². The lowest BCUT2D eigenvalue weighted by molar-refractivity contribution is -0.922. The van der Waals surface area contributed by atoms with Crippen LogP contribution in [0, 0.1) is 6.92 Å². The summed E-state index contributed by atoms with van der Waals surface area (Å²) in [5.41, 5.74) is 5.57. The Kier molecular flexibility index (Phi) is 7.80. The van der Waals surface area contributed by atoms with Gasteiger partial charge in [-0.2, -0.15) is 0 Å². The summed E-state index contributed by atoms with van der Waals surface area (Å²) in [5.74, 6) is 0. The lowest BCUT2D eigenvalue weighted by Crippen LogP contribution is -3.00. The van der Waals surface area contributed by atoms with Crippen LogP contribution in [-0.2, 0) is 0 Å². The number of fused-ring (bicyclic) bond motifs is 2. The largest absolute Gasteiger partial charge is 1.00 e. The van der Waals surface area contributed by atoms with E-state index in [1.165, 1.54) is 62.7 Å². The standard InChI is InChI=1S/C23H30NS.HI/c1-5-24(6-2,7-3)16-10-12-19-20-11-8-9-13-22(20)25-23-15-14-18(4)17-21(19)23;/h8-9,11-15,17H,5-7,10,16H2,1-4H3;1H/q+1;/p-1/b19-12+;. The van der Waals surface area contributed by atoms with Crippen molar-refractivity contribution in [2.45, 2.75) is 43.9 Å². The van der Waals surface area contributed by atoms with Crippen molar-refractivity contribution in [3.8, 4) is 0 Å². The van der Waals surface area contributed by atoms with Gasteiger partial charge in [0.2, 0.25) is 0 Å². The quantitative estimate of drug-likeness (QED) is 0.387. The van der Waals surface area contributed by atoms with Gasteiger partial charge in [0, 0.05) is 16.2 Å². The van der Waals surface area contributed by atoms with Crippen LogP contribution < -0.4 is 24.0 Å². The van der Waals surface area contributed by atoms with Gasteiger partial charge in [0.05, 0.1) is 26.2 Å². The molecule has 0 fully saturated rings. The molecule has 140 valence electrons. The fourth-order valence-electron chi connectivity index (χ4n) is 3.83. The van der Waals surface area contributed by atoms with Gasteiger partial charge in [-0.3, -0.25) is 0 Å².